The molecule has 0 heterocycles. The third kappa shape index (κ3) is 5.25. The number of nitrogens with two attached hydrogens (primary N) is 1. The van der Waals surface area contributed by atoms with E-state index in [-0.39, 0.29) is 17.6 Å². The third-order valence-corrected chi connectivity index (χ3v) is 3.51. The molecule has 6 heteroatoms. The van der Waals surface area contributed by atoms with Crippen LogP contribution in [0, 0.1) is 5.82 Å². The quantitative estimate of drug-likeness (QED) is 0.594. The monoisotopic (exact) mass is 260 g/mol. The molecule has 1 rings (SSSR count). The molecule has 3 N–H and O–H groups in total. The molecule has 1 aromatic carbocycles. The molecule has 0 spiro atoms. The zero-order valence-electron chi connectivity index (χ0n) is 9.69. The average molecular weight is 260 g/mol. The van der Waals surface area contributed by atoms with E-state index >= 15 is 0 Å². The Morgan fingerprint density at radius 2 is 1.94 bits per heavy atom. The molecule has 4 nitrogen and oxygen atoms in total. The Bertz CT molecular complexity index is 445. The van der Waals surface area contributed by atoms with Gasteiger partial charge in [0.2, 0.25) is 0 Å². The highest BCUT2D eigenvalue weighted by Gasteiger charge is 2.11. The molecular weight excluding hydrogens is 243 g/mol. The molecule has 0 aliphatic heterocycles. The summed E-state index contributed by atoms with van der Waals surface area (Å²) in [6.45, 7) is 0. The van der Waals surface area contributed by atoms with Crippen molar-refractivity contribution in [3.05, 3.63) is 35.6 Å². The normalized spacial score (nSPS) is 13.6. The second-order valence-corrected chi connectivity index (χ2v) is 6.30. The van der Waals surface area contributed by atoms with Crippen LogP contribution in [0.4, 0.5) is 4.39 Å². The zero-order chi connectivity index (χ0) is 12.9. The minimum absolute atomic E-state index is 0.131. The average Bonchev–Trinajstić information content (AvgIpc) is 2.24. The largest absolute Gasteiger partial charge is 0.271 e. The van der Waals surface area contributed by atoms with Crippen molar-refractivity contribution in [3.8, 4) is 0 Å². The van der Waals surface area contributed by atoms with Gasteiger partial charge >= 0.3 is 0 Å². The fraction of sp³-hybridized carbons (Fsp3) is 0.455. The van der Waals surface area contributed by atoms with Crippen LogP contribution < -0.4 is 11.3 Å². The lowest BCUT2D eigenvalue weighted by Crippen LogP contribution is -2.28. The van der Waals surface area contributed by atoms with E-state index in [2.05, 4.69) is 5.43 Å². The van der Waals surface area contributed by atoms with Crippen LogP contribution in [-0.2, 0) is 9.84 Å². The van der Waals surface area contributed by atoms with Gasteiger partial charge in [0, 0.05) is 18.1 Å². The molecular formula is C11H17FN2O2S. The summed E-state index contributed by atoms with van der Waals surface area (Å²) < 4.78 is 34.7. The maximum absolute atomic E-state index is 12.7. The van der Waals surface area contributed by atoms with Crippen LogP contribution in [0.1, 0.15) is 24.4 Å². The van der Waals surface area contributed by atoms with Crippen LogP contribution in [-0.4, -0.2) is 20.4 Å². The highest BCUT2D eigenvalue weighted by Crippen LogP contribution is 2.18. The summed E-state index contributed by atoms with van der Waals surface area (Å²) in [5.41, 5.74) is 3.46. The van der Waals surface area contributed by atoms with E-state index < -0.39 is 9.84 Å². The number of nitrogens with one attached hydrogen (secondary N) is 1. The summed E-state index contributed by atoms with van der Waals surface area (Å²) in [5, 5.41) is 0. The van der Waals surface area contributed by atoms with Crippen LogP contribution in [0.3, 0.4) is 0 Å². The summed E-state index contributed by atoms with van der Waals surface area (Å²) in [7, 11) is -2.95. The molecule has 1 unspecified atom stereocenters. The van der Waals surface area contributed by atoms with E-state index in [4.69, 9.17) is 5.84 Å². The number of hydrazine groups is 1. The highest BCUT2D eigenvalue weighted by atomic mass is 32.2. The number of sulfone groups is 1. The van der Waals surface area contributed by atoms with Crippen molar-refractivity contribution in [2.24, 2.45) is 5.84 Å². The summed E-state index contributed by atoms with van der Waals surface area (Å²) >= 11 is 0. The van der Waals surface area contributed by atoms with Gasteiger partial charge in [-0.2, -0.15) is 0 Å². The molecule has 96 valence electrons. The van der Waals surface area contributed by atoms with Gasteiger partial charge in [-0.3, -0.25) is 11.3 Å². The molecule has 0 aromatic heterocycles. The van der Waals surface area contributed by atoms with Gasteiger partial charge in [-0.1, -0.05) is 12.1 Å². The molecule has 0 saturated carbocycles. The fourth-order valence-electron chi connectivity index (χ4n) is 1.59. The van der Waals surface area contributed by atoms with E-state index in [0.29, 0.717) is 12.8 Å². The molecule has 1 aromatic rings. The van der Waals surface area contributed by atoms with Crippen molar-refractivity contribution in [2.45, 2.75) is 18.9 Å². The molecule has 0 aliphatic carbocycles. The lowest BCUT2D eigenvalue weighted by molar-refractivity contribution is 0.506. The Morgan fingerprint density at radius 1 is 1.35 bits per heavy atom. The van der Waals surface area contributed by atoms with Gasteiger partial charge in [-0.05, 0) is 30.5 Å². The van der Waals surface area contributed by atoms with Gasteiger partial charge in [-0.25, -0.2) is 12.8 Å². The second-order valence-electron chi connectivity index (χ2n) is 4.04. The van der Waals surface area contributed by atoms with Gasteiger partial charge in [0.15, 0.2) is 0 Å². The van der Waals surface area contributed by atoms with Gasteiger partial charge in [-0.15, -0.1) is 0 Å². The van der Waals surface area contributed by atoms with Crippen LogP contribution in [0.5, 0.6) is 0 Å². The van der Waals surface area contributed by atoms with Crippen LogP contribution >= 0.6 is 0 Å². The first-order valence-electron chi connectivity index (χ1n) is 5.31. The molecule has 0 bridgehead atoms. The predicted molar refractivity (Wildman–Crippen MR) is 65.4 cm³/mol. The topological polar surface area (TPSA) is 72.2 Å². The Kier molecular flexibility index (Phi) is 5.04. The lowest BCUT2D eigenvalue weighted by Gasteiger charge is -2.15. The van der Waals surface area contributed by atoms with Gasteiger partial charge in [0.1, 0.15) is 15.7 Å². The molecule has 0 amide bonds. The van der Waals surface area contributed by atoms with E-state index in [1.807, 2.05) is 0 Å². The Labute approximate surface area is 101 Å². The number of hydrogen-bond acceptors (Lipinski definition) is 4. The first kappa shape index (κ1) is 14.1. The van der Waals surface area contributed by atoms with Crippen molar-refractivity contribution in [2.75, 3.05) is 12.0 Å². The Balaban J connectivity index is 2.57. The van der Waals surface area contributed by atoms with E-state index in [0.717, 1.165) is 5.56 Å². The standard InChI is InChI=1S/C11H17FN2O2S/c1-17(15,16)8-2-3-11(14-13)9-4-6-10(12)7-5-9/h4-7,11,14H,2-3,8,13H2,1H3. The minimum atomic E-state index is -2.95. The molecule has 1 atom stereocenters. The molecule has 17 heavy (non-hydrogen) atoms. The first-order chi connectivity index (χ1) is 7.92. The molecule has 0 aliphatic rings. The van der Waals surface area contributed by atoms with Crippen molar-refractivity contribution in [1.82, 2.24) is 5.43 Å². The Morgan fingerprint density at radius 3 is 2.41 bits per heavy atom. The summed E-state index contributed by atoms with van der Waals surface area (Å²) in [4.78, 5) is 0. The lowest BCUT2D eigenvalue weighted by atomic mass is 10.0. The van der Waals surface area contributed by atoms with Crippen LogP contribution in [0.25, 0.3) is 0 Å². The van der Waals surface area contributed by atoms with Gasteiger partial charge < -0.3 is 0 Å². The second kappa shape index (κ2) is 6.09. The third-order valence-electron chi connectivity index (χ3n) is 2.48. The van der Waals surface area contributed by atoms with Crippen molar-refractivity contribution >= 4 is 9.84 Å². The van der Waals surface area contributed by atoms with Crippen molar-refractivity contribution in [3.63, 3.8) is 0 Å². The van der Waals surface area contributed by atoms with Gasteiger partial charge in [0.25, 0.3) is 0 Å². The number of halogens is 1. The van der Waals surface area contributed by atoms with Crippen LogP contribution in [0.15, 0.2) is 24.3 Å². The summed E-state index contributed by atoms with van der Waals surface area (Å²) in [6, 6.07) is 5.84. The minimum Gasteiger partial charge on any atom is -0.271 e. The zero-order valence-corrected chi connectivity index (χ0v) is 10.5. The smallest absolute Gasteiger partial charge is 0.147 e. The SMILES string of the molecule is CS(=O)(=O)CCCC(NN)c1ccc(F)cc1. The molecule has 0 fully saturated rings. The van der Waals surface area contributed by atoms with Gasteiger partial charge in [0.05, 0.1) is 0 Å². The maximum atomic E-state index is 12.7. The number of rotatable bonds is 6. The Hall–Kier alpha value is -0.980. The van der Waals surface area contributed by atoms with E-state index in [9.17, 15) is 12.8 Å². The fourth-order valence-corrected chi connectivity index (χ4v) is 2.28. The number of benzene rings is 1. The summed E-state index contributed by atoms with van der Waals surface area (Å²) in [5.74, 6) is 5.23. The maximum Gasteiger partial charge on any atom is 0.147 e. The molecule has 0 radical (unpaired) electrons. The van der Waals surface area contributed by atoms with E-state index in [1.165, 1.54) is 18.4 Å². The number of hydrogen-bond donors (Lipinski definition) is 2. The van der Waals surface area contributed by atoms with Crippen molar-refractivity contribution in [1.29, 1.82) is 0 Å². The highest BCUT2D eigenvalue weighted by molar-refractivity contribution is 7.90. The first-order valence-corrected chi connectivity index (χ1v) is 7.38. The van der Waals surface area contributed by atoms with Crippen LogP contribution in [0.2, 0.25) is 0 Å². The molecule has 0 saturated heterocycles. The van der Waals surface area contributed by atoms with E-state index in [1.54, 1.807) is 12.1 Å². The predicted octanol–water partition coefficient (Wildman–Crippen LogP) is 1.15. The summed E-state index contributed by atoms with van der Waals surface area (Å²) in [6.07, 6.45) is 2.32. The van der Waals surface area contributed by atoms with Crippen molar-refractivity contribution < 1.29 is 12.8 Å².